The van der Waals surface area contributed by atoms with Gasteiger partial charge in [-0.2, -0.15) is 0 Å². The van der Waals surface area contributed by atoms with Crippen LogP contribution in [0.4, 0.5) is 11.4 Å². The van der Waals surface area contributed by atoms with Gasteiger partial charge in [0.2, 0.25) is 11.8 Å². The van der Waals surface area contributed by atoms with Gasteiger partial charge in [-0.05, 0) is 44.3 Å². The molecule has 1 saturated heterocycles. The van der Waals surface area contributed by atoms with E-state index in [1.165, 1.54) is 0 Å². The summed E-state index contributed by atoms with van der Waals surface area (Å²) in [5.74, 6) is 0.0417. The van der Waals surface area contributed by atoms with E-state index in [2.05, 4.69) is 5.32 Å². The monoisotopic (exact) mass is 337 g/mol. The highest BCUT2D eigenvalue weighted by molar-refractivity contribution is 5.98. The van der Waals surface area contributed by atoms with Crippen molar-refractivity contribution in [2.75, 3.05) is 30.9 Å². The number of hydrogen-bond donors (Lipinski definition) is 1. The topological polar surface area (TPSA) is 52.7 Å². The van der Waals surface area contributed by atoms with Crippen molar-refractivity contribution in [3.05, 3.63) is 60.2 Å². The third-order valence-electron chi connectivity index (χ3n) is 4.38. The van der Waals surface area contributed by atoms with Crippen LogP contribution in [-0.2, 0) is 9.59 Å². The van der Waals surface area contributed by atoms with Crippen molar-refractivity contribution in [2.24, 2.45) is 0 Å². The molecule has 0 saturated carbocycles. The van der Waals surface area contributed by atoms with Gasteiger partial charge >= 0.3 is 0 Å². The molecule has 0 bridgehead atoms. The van der Waals surface area contributed by atoms with E-state index in [4.69, 9.17) is 0 Å². The Kier molecular flexibility index (Phi) is 5.14. The van der Waals surface area contributed by atoms with Crippen LogP contribution >= 0.6 is 0 Å². The zero-order chi connectivity index (χ0) is 17.8. The third kappa shape index (κ3) is 3.88. The van der Waals surface area contributed by atoms with E-state index in [1.54, 1.807) is 4.90 Å². The predicted molar refractivity (Wildman–Crippen MR) is 99.5 cm³/mol. The van der Waals surface area contributed by atoms with Crippen molar-refractivity contribution in [3.63, 3.8) is 0 Å². The number of amides is 2. The van der Waals surface area contributed by atoms with Crippen LogP contribution < -0.4 is 10.2 Å². The fourth-order valence-corrected chi connectivity index (χ4v) is 3.20. The van der Waals surface area contributed by atoms with Gasteiger partial charge < -0.3 is 10.2 Å². The summed E-state index contributed by atoms with van der Waals surface area (Å²) in [6.45, 7) is 0.737. The lowest BCUT2D eigenvalue weighted by molar-refractivity contribution is -0.120. The minimum Gasteiger partial charge on any atom is -0.324 e. The van der Waals surface area contributed by atoms with E-state index >= 15 is 0 Å². The lowest BCUT2D eigenvalue weighted by Gasteiger charge is -2.24. The average Bonchev–Trinajstić information content (AvgIpc) is 3.02. The van der Waals surface area contributed by atoms with Crippen molar-refractivity contribution < 1.29 is 9.59 Å². The first-order valence-corrected chi connectivity index (χ1v) is 8.49. The minimum absolute atomic E-state index is 0.0962. The maximum Gasteiger partial charge on any atom is 0.246 e. The van der Waals surface area contributed by atoms with Crippen LogP contribution in [0.15, 0.2) is 54.6 Å². The molecular formula is C20H23N3O2. The van der Waals surface area contributed by atoms with Crippen molar-refractivity contribution in [3.8, 4) is 0 Å². The molecule has 5 heteroatoms. The van der Waals surface area contributed by atoms with Crippen LogP contribution in [0.25, 0.3) is 0 Å². The Morgan fingerprint density at radius 2 is 1.88 bits per heavy atom. The molecule has 2 aromatic rings. The summed E-state index contributed by atoms with van der Waals surface area (Å²) in [5.41, 5.74) is 2.47. The second kappa shape index (κ2) is 7.49. The van der Waals surface area contributed by atoms with Gasteiger partial charge in [-0.15, -0.1) is 0 Å². The maximum atomic E-state index is 12.8. The number of anilines is 2. The molecule has 130 valence electrons. The summed E-state index contributed by atoms with van der Waals surface area (Å²) in [7, 11) is 3.77. The van der Waals surface area contributed by atoms with E-state index in [0.29, 0.717) is 12.1 Å². The zero-order valence-electron chi connectivity index (χ0n) is 14.6. The van der Waals surface area contributed by atoms with Crippen LogP contribution in [-0.4, -0.2) is 37.4 Å². The fourth-order valence-electron chi connectivity index (χ4n) is 3.20. The molecule has 0 spiro atoms. The Bertz CT molecular complexity index is 759. The Balaban J connectivity index is 1.79. The maximum absolute atomic E-state index is 12.8. The molecule has 25 heavy (non-hydrogen) atoms. The van der Waals surface area contributed by atoms with Gasteiger partial charge in [0.15, 0.2) is 0 Å². The molecule has 3 rings (SSSR count). The van der Waals surface area contributed by atoms with Crippen LogP contribution in [0, 0.1) is 0 Å². The highest BCUT2D eigenvalue weighted by Gasteiger charge is 2.24. The van der Waals surface area contributed by atoms with Gasteiger partial charge in [0.05, 0.1) is 0 Å². The number of nitrogens with one attached hydrogen (secondary N) is 1. The summed E-state index contributed by atoms with van der Waals surface area (Å²) in [6, 6.07) is 16.8. The fraction of sp³-hybridized carbons (Fsp3) is 0.300. The summed E-state index contributed by atoms with van der Waals surface area (Å²) >= 11 is 0. The van der Waals surface area contributed by atoms with Gasteiger partial charge in [0.25, 0.3) is 0 Å². The van der Waals surface area contributed by atoms with Crippen LogP contribution in [0.2, 0.25) is 0 Å². The summed E-state index contributed by atoms with van der Waals surface area (Å²) in [6.07, 6.45) is 1.47. The Morgan fingerprint density at radius 1 is 1.12 bits per heavy atom. The number of likely N-dealkylation sites (N-methyl/N-ethyl adjacent to an activating group) is 1. The van der Waals surface area contributed by atoms with E-state index in [0.717, 1.165) is 24.2 Å². The number of rotatable bonds is 5. The Morgan fingerprint density at radius 3 is 2.52 bits per heavy atom. The van der Waals surface area contributed by atoms with Gasteiger partial charge in [-0.25, -0.2) is 0 Å². The lowest BCUT2D eigenvalue weighted by Crippen LogP contribution is -2.32. The Labute approximate surface area is 148 Å². The molecule has 1 aliphatic heterocycles. The standard InChI is InChI=1S/C20H23N3O2/c1-22(2)19(15-8-4-3-5-9-15)20(25)21-16-10-6-11-17(14-16)23-13-7-12-18(23)24/h3-6,8-11,14,19H,7,12-13H2,1-2H3,(H,21,25)/t19-/m1/s1. The van der Waals surface area contributed by atoms with Crippen LogP contribution in [0.3, 0.4) is 0 Å². The van der Waals surface area contributed by atoms with Gasteiger partial charge in [-0.3, -0.25) is 14.5 Å². The molecular weight excluding hydrogens is 314 g/mol. The number of hydrogen-bond acceptors (Lipinski definition) is 3. The third-order valence-corrected chi connectivity index (χ3v) is 4.38. The largest absolute Gasteiger partial charge is 0.324 e. The molecule has 2 aromatic carbocycles. The van der Waals surface area contributed by atoms with Crippen LogP contribution in [0.5, 0.6) is 0 Å². The van der Waals surface area contributed by atoms with Crippen molar-refractivity contribution in [1.82, 2.24) is 4.90 Å². The molecule has 1 atom stereocenters. The molecule has 1 aliphatic rings. The van der Waals surface area contributed by atoms with E-state index in [1.807, 2.05) is 73.6 Å². The average molecular weight is 337 g/mol. The summed E-state index contributed by atoms with van der Waals surface area (Å²) in [5, 5.41) is 2.98. The van der Waals surface area contributed by atoms with Gasteiger partial charge in [-0.1, -0.05) is 36.4 Å². The summed E-state index contributed by atoms with van der Waals surface area (Å²) < 4.78 is 0. The predicted octanol–water partition coefficient (Wildman–Crippen LogP) is 3.05. The van der Waals surface area contributed by atoms with Crippen molar-refractivity contribution in [2.45, 2.75) is 18.9 Å². The SMILES string of the molecule is CN(C)[C@@H](C(=O)Nc1cccc(N2CCCC2=O)c1)c1ccccc1. The molecule has 0 aromatic heterocycles. The summed E-state index contributed by atoms with van der Waals surface area (Å²) in [4.78, 5) is 28.4. The molecule has 1 heterocycles. The van der Waals surface area contributed by atoms with Crippen molar-refractivity contribution in [1.29, 1.82) is 0 Å². The van der Waals surface area contributed by atoms with E-state index < -0.39 is 0 Å². The number of nitrogens with zero attached hydrogens (tertiary/aromatic N) is 2. The highest BCUT2D eigenvalue weighted by Crippen LogP contribution is 2.26. The smallest absolute Gasteiger partial charge is 0.246 e. The van der Waals surface area contributed by atoms with Gasteiger partial charge in [0.1, 0.15) is 6.04 Å². The molecule has 0 unspecified atom stereocenters. The molecule has 5 nitrogen and oxygen atoms in total. The van der Waals surface area contributed by atoms with Gasteiger partial charge in [0, 0.05) is 24.3 Å². The number of benzene rings is 2. The molecule has 2 amide bonds. The first-order valence-electron chi connectivity index (χ1n) is 8.49. The van der Waals surface area contributed by atoms with Crippen LogP contribution in [0.1, 0.15) is 24.4 Å². The molecule has 1 N–H and O–H groups in total. The number of carbonyl (C=O) groups is 2. The zero-order valence-corrected chi connectivity index (χ0v) is 14.6. The molecule has 0 aliphatic carbocycles. The number of carbonyl (C=O) groups excluding carboxylic acids is 2. The van der Waals surface area contributed by atoms with Crippen molar-refractivity contribution >= 4 is 23.2 Å². The lowest BCUT2D eigenvalue weighted by atomic mass is 10.1. The molecule has 1 fully saturated rings. The Hall–Kier alpha value is -2.66. The first-order chi connectivity index (χ1) is 12.1. The second-order valence-corrected chi connectivity index (χ2v) is 6.47. The quantitative estimate of drug-likeness (QED) is 0.912. The van der Waals surface area contributed by atoms with E-state index in [9.17, 15) is 9.59 Å². The first kappa shape index (κ1) is 17.2. The second-order valence-electron chi connectivity index (χ2n) is 6.47. The minimum atomic E-state index is -0.377. The van der Waals surface area contributed by atoms with E-state index in [-0.39, 0.29) is 17.9 Å². The normalized spacial score (nSPS) is 15.5. The highest BCUT2D eigenvalue weighted by atomic mass is 16.2. The molecule has 0 radical (unpaired) electrons.